The van der Waals surface area contributed by atoms with Gasteiger partial charge in [-0.15, -0.1) is 0 Å². The second-order valence-electron chi connectivity index (χ2n) is 9.06. The monoisotopic (exact) mass is 489 g/mol. The van der Waals surface area contributed by atoms with Gasteiger partial charge < -0.3 is 16.0 Å². The fourth-order valence-electron chi connectivity index (χ4n) is 4.03. The van der Waals surface area contributed by atoms with Crippen molar-refractivity contribution in [3.05, 3.63) is 46.8 Å². The number of hydrogen-bond acceptors (Lipinski definition) is 5. The molecule has 2 rings (SSSR count). The fourth-order valence-corrected chi connectivity index (χ4v) is 4.22. The van der Waals surface area contributed by atoms with E-state index >= 15 is 0 Å². The van der Waals surface area contributed by atoms with Gasteiger partial charge in [-0.3, -0.25) is 4.79 Å². The first-order chi connectivity index (χ1) is 16.1. The first-order valence-electron chi connectivity index (χ1n) is 12.6. The Hall–Kier alpha value is -2.34. The summed E-state index contributed by atoms with van der Waals surface area (Å²) >= 11 is 5.93. The molecule has 0 aliphatic heterocycles. The number of anilines is 2. The van der Waals surface area contributed by atoms with Crippen LogP contribution in [0.4, 0.5) is 11.8 Å². The van der Waals surface area contributed by atoms with Crippen molar-refractivity contribution in [2.24, 2.45) is 0 Å². The van der Waals surface area contributed by atoms with Gasteiger partial charge in [-0.25, -0.2) is 4.98 Å². The van der Waals surface area contributed by atoms with Crippen LogP contribution in [0.5, 0.6) is 0 Å². The molecule has 1 aliphatic rings. The van der Waals surface area contributed by atoms with Crippen LogP contribution in [0.25, 0.3) is 0 Å². The third-order valence-corrected chi connectivity index (χ3v) is 6.06. The molecule has 0 saturated heterocycles. The number of nitrogen functional groups attached to an aromatic ring is 1. The highest BCUT2D eigenvalue weighted by atomic mass is 35.5. The molecule has 1 fully saturated rings. The Kier molecular flexibility index (Phi) is 13.6. The van der Waals surface area contributed by atoms with Gasteiger partial charge in [-0.1, -0.05) is 76.6 Å². The summed E-state index contributed by atoms with van der Waals surface area (Å²) in [6.45, 7) is 16.4. The van der Waals surface area contributed by atoms with Gasteiger partial charge in [0.1, 0.15) is 11.0 Å². The fraction of sp³-hybridized carbons (Fsp3) is 0.593. The van der Waals surface area contributed by atoms with Crippen molar-refractivity contribution in [3.8, 4) is 0 Å². The molecule has 190 valence electrons. The maximum Gasteiger partial charge on any atom is 0.254 e. The number of nitrogens with two attached hydrogens (primary N) is 1. The summed E-state index contributed by atoms with van der Waals surface area (Å²) < 4.78 is 0. The van der Waals surface area contributed by atoms with E-state index in [1.165, 1.54) is 38.5 Å². The predicted molar refractivity (Wildman–Crippen MR) is 146 cm³/mol. The Bertz CT molecular complexity index is 834. The van der Waals surface area contributed by atoms with E-state index in [4.69, 9.17) is 17.3 Å². The number of halogens is 1. The summed E-state index contributed by atoms with van der Waals surface area (Å²) in [6, 6.07) is 2.04. The van der Waals surface area contributed by atoms with Crippen LogP contribution in [0, 0.1) is 0 Å². The average Bonchev–Trinajstić information content (AvgIpc) is 2.78. The smallest absolute Gasteiger partial charge is 0.254 e. The Morgan fingerprint density at radius 2 is 1.88 bits per heavy atom. The molecule has 34 heavy (non-hydrogen) atoms. The molecule has 7 heteroatoms. The van der Waals surface area contributed by atoms with Crippen molar-refractivity contribution in [3.63, 3.8) is 0 Å². The molecule has 1 saturated carbocycles. The maximum absolute atomic E-state index is 13.3. The van der Waals surface area contributed by atoms with E-state index in [1.54, 1.807) is 6.07 Å². The third kappa shape index (κ3) is 9.88. The Morgan fingerprint density at radius 1 is 1.26 bits per heavy atom. The highest BCUT2D eigenvalue weighted by Crippen LogP contribution is 2.26. The number of hydrogen-bond donors (Lipinski definition) is 2. The summed E-state index contributed by atoms with van der Waals surface area (Å²) in [5, 5.41) is 3.33. The van der Waals surface area contributed by atoms with Crippen LogP contribution in [-0.2, 0) is 4.79 Å². The van der Waals surface area contributed by atoms with Crippen molar-refractivity contribution in [2.75, 3.05) is 11.1 Å². The minimum absolute atomic E-state index is 0.0656. The quantitative estimate of drug-likeness (QED) is 0.216. The molecule has 0 aromatic carbocycles. The summed E-state index contributed by atoms with van der Waals surface area (Å²) in [5.74, 6) is 0.606. The van der Waals surface area contributed by atoms with Gasteiger partial charge in [0.15, 0.2) is 0 Å². The summed E-state index contributed by atoms with van der Waals surface area (Å²) in [4.78, 5) is 23.3. The molecule has 1 aromatic heterocycles. The van der Waals surface area contributed by atoms with Gasteiger partial charge in [0.05, 0.1) is 0 Å². The van der Waals surface area contributed by atoms with Crippen molar-refractivity contribution in [2.45, 2.75) is 105 Å². The van der Waals surface area contributed by atoms with Crippen LogP contribution in [-0.4, -0.2) is 32.9 Å². The molecule has 1 aromatic rings. The lowest BCUT2D eigenvalue weighted by Crippen LogP contribution is -2.46. The molecule has 0 atom stereocenters. The normalized spacial score (nSPS) is 14.9. The molecule has 0 radical (unpaired) electrons. The van der Waals surface area contributed by atoms with Crippen molar-refractivity contribution in [1.29, 1.82) is 0 Å². The van der Waals surface area contributed by atoms with Gasteiger partial charge >= 0.3 is 0 Å². The molecule has 3 N–H and O–H groups in total. The molecule has 0 unspecified atom stereocenters. The van der Waals surface area contributed by atoms with E-state index in [0.717, 1.165) is 18.4 Å². The molecule has 1 amide bonds. The SMILES string of the molecule is C=C(Nc1cc(Cl)nc(N)n1)/C(C)=C\C(=C/C)C(=O)N(C(C)C)C1CCCCC1.CCCCC. The minimum atomic E-state index is 0.0656. The van der Waals surface area contributed by atoms with E-state index < -0.39 is 0 Å². The van der Waals surface area contributed by atoms with Crippen LogP contribution in [0.2, 0.25) is 5.15 Å². The van der Waals surface area contributed by atoms with Gasteiger partial charge in [0, 0.05) is 29.4 Å². The lowest BCUT2D eigenvalue weighted by atomic mass is 9.92. The first-order valence-corrected chi connectivity index (χ1v) is 13.0. The van der Waals surface area contributed by atoms with E-state index in [0.29, 0.717) is 23.1 Å². The van der Waals surface area contributed by atoms with Gasteiger partial charge in [0.2, 0.25) is 5.95 Å². The Balaban J connectivity index is 0.00000104. The van der Waals surface area contributed by atoms with Crippen molar-refractivity contribution < 1.29 is 4.79 Å². The zero-order chi connectivity index (χ0) is 25.7. The van der Waals surface area contributed by atoms with E-state index in [-0.39, 0.29) is 23.1 Å². The summed E-state index contributed by atoms with van der Waals surface area (Å²) in [5.41, 5.74) is 7.73. The molecular formula is C27H44ClN5O. The highest BCUT2D eigenvalue weighted by molar-refractivity contribution is 6.29. The number of carbonyl (C=O) groups is 1. The number of aromatic nitrogens is 2. The minimum Gasteiger partial charge on any atom is -0.368 e. The van der Waals surface area contributed by atoms with E-state index in [1.807, 2.05) is 30.9 Å². The molecular weight excluding hydrogens is 446 g/mol. The lowest BCUT2D eigenvalue weighted by molar-refractivity contribution is -0.131. The van der Waals surface area contributed by atoms with E-state index in [9.17, 15) is 4.79 Å². The Morgan fingerprint density at radius 3 is 2.35 bits per heavy atom. The van der Waals surface area contributed by atoms with Gasteiger partial charge in [-0.2, -0.15) is 4.98 Å². The standard InChI is InChI=1S/C22H32ClN5O.C5H12/c1-6-17(21(29)28(14(2)3)18-10-8-7-9-11-18)12-15(4)16(5)25-20-13-19(23)26-22(24)27-20;1-3-5-4-2/h6,12-14,18H,5,7-11H2,1-4H3,(H3,24,25,26,27);3-5H2,1-2H3/b15-12-,17-6+;. The second kappa shape index (κ2) is 15.5. The van der Waals surface area contributed by atoms with Crippen molar-refractivity contribution in [1.82, 2.24) is 14.9 Å². The zero-order valence-electron chi connectivity index (χ0n) is 22.0. The number of carbonyl (C=O) groups excluding carboxylic acids is 1. The number of unbranched alkanes of at least 4 members (excludes halogenated alkanes) is 2. The summed E-state index contributed by atoms with van der Waals surface area (Å²) in [6.07, 6.45) is 13.6. The Labute approximate surface area is 211 Å². The van der Waals surface area contributed by atoms with Crippen LogP contribution >= 0.6 is 11.6 Å². The first kappa shape index (κ1) is 29.7. The largest absolute Gasteiger partial charge is 0.368 e. The van der Waals surface area contributed by atoms with Gasteiger partial charge in [0.25, 0.3) is 5.91 Å². The molecule has 6 nitrogen and oxygen atoms in total. The average molecular weight is 490 g/mol. The number of nitrogens with one attached hydrogen (secondary N) is 1. The van der Waals surface area contributed by atoms with Crippen LogP contribution in [0.1, 0.15) is 92.9 Å². The van der Waals surface area contributed by atoms with Crippen molar-refractivity contribution >= 4 is 29.3 Å². The molecule has 0 bridgehead atoms. The number of nitrogens with zero attached hydrogens (tertiary/aromatic N) is 3. The molecule has 0 spiro atoms. The maximum atomic E-state index is 13.3. The highest BCUT2D eigenvalue weighted by Gasteiger charge is 2.28. The number of amides is 1. The van der Waals surface area contributed by atoms with Crippen LogP contribution in [0.15, 0.2) is 41.6 Å². The molecule has 1 heterocycles. The zero-order valence-corrected chi connectivity index (χ0v) is 22.7. The second-order valence-corrected chi connectivity index (χ2v) is 9.45. The number of rotatable bonds is 9. The van der Waals surface area contributed by atoms with Gasteiger partial charge in [-0.05, 0) is 52.2 Å². The topological polar surface area (TPSA) is 84.1 Å². The predicted octanol–water partition coefficient (Wildman–Crippen LogP) is 7.30. The molecule has 1 aliphatic carbocycles. The van der Waals surface area contributed by atoms with Crippen LogP contribution in [0.3, 0.4) is 0 Å². The third-order valence-electron chi connectivity index (χ3n) is 5.86. The van der Waals surface area contributed by atoms with E-state index in [2.05, 4.69) is 49.6 Å². The van der Waals surface area contributed by atoms with Crippen LogP contribution < -0.4 is 11.1 Å². The number of allylic oxidation sites excluding steroid dienone is 2. The summed E-state index contributed by atoms with van der Waals surface area (Å²) in [7, 11) is 0. The lowest BCUT2D eigenvalue weighted by Gasteiger charge is -2.37.